The highest BCUT2D eigenvalue weighted by Gasteiger charge is 2.54. The molecule has 1 aliphatic heterocycles. The average Bonchev–Trinajstić information content (AvgIpc) is 3.22. The summed E-state index contributed by atoms with van der Waals surface area (Å²) in [7, 11) is -0.635. The van der Waals surface area contributed by atoms with Crippen molar-refractivity contribution < 1.29 is 23.2 Å². The summed E-state index contributed by atoms with van der Waals surface area (Å²) in [6.45, 7) is 10.0. The molecule has 0 unspecified atom stereocenters. The zero-order valence-electron chi connectivity index (χ0n) is 14.9. The second-order valence-electron chi connectivity index (χ2n) is 7.56. The molecule has 2 aliphatic rings. The van der Waals surface area contributed by atoms with Gasteiger partial charge in [-0.3, -0.25) is 4.79 Å². The van der Waals surface area contributed by atoms with Gasteiger partial charge in [0, 0.05) is 0 Å². The first kappa shape index (κ1) is 17.4. The molecular weight excluding hydrogens is 310 g/mol. The number of carbonyl (C=O) groups excluding carboxylic acids is 1. The Kier molecular flexibility index (Phi) is 4.25. The number of esters is 1. The highest BCUT2D eigenvalue weighted by Crippen LogP contribution is 2.48. The van der Waals surface area contributed by atoms with E-state index in [4.69, 9.17) is 14.0 Å². The normalized spacial score (nSPS) is 27.2. The molecule has 3 rings (SSSR count). The Hall–Kier alpha value is -1.40. The lowest BCUT2D eigenvalue weighted by Gasteiger charge is -2.32. The van der Waals surface area contributed by atoms with Gasteiger partial charge in [-0.15, -0.1) is 0 Å². The van der Waals surface area contributed by atoms with Crippen molar-refractivity contribution in [2.75, 3.05) is 6.61 Å². The topological polar surface area (TPSA) is 44.8 Å². The van der Waals surface area contributed by atoms with E-state index in [0.29, 0.717) is 12.1 Å². The van der Waals surface area contributed by atoms with Crippen molar-refractivity contribution in [2.24, 2.45) is 5.92 Å². The molecule has 130 valence electrons. The summed E-state index contributed by atoms with van der Waals surface area (Å²) in [5, 5.41) is 0. The third-order valence-corrected chi connectivity index (χ3v) is 5.34. The molecule has 0 aromatic heterocycles. The minimum absolute atomic E-state index is 0.0404. The molecule has 2 atom stereocenters. The van der Waals surface area contributed by atoms with E-state index in [1.165, 1.54) is 12.1 Å². The van der Waals surface area contributed by atoms with Gasteiger partial charge in [0.25, 0.3) is 0 Å². The maximum absolute atomic E-state index is 13.8. The third kappa shape index (κ3) is 2.97. The number of carbonyl (C=O) groups is 1. The van der Waals surface area contributed by atoms with E-state index in [1.807, 2.05) is 27.7 Å². The molecular formula is C18H24BFO4. The smallest absolute Gasteiger partial charge is 0.466 e. The fourth-order valence-electron chi connectivity index (χ4n) is 3.11. The molecule has 0 radical (unpaired) electrons. The van der Waals surface area contributed by atoms with E-state index < -0.39 is 18.3 Å². The van der Waals surface area contributed by atoms with Crippen LogP contribution in [0, 0.1) is 11.7 Å². The average molecular weight is 334 g/mol. The van der Waals surface area contributed by atoms with E-state index in [0.717, 1.165) is 12.0 Å². The minimum Gasteiger partial charge on any atom is -0.466 e. The van der Waals surface area contributed by atoms with Crippen LogP contribution in [0.15, 0.2) is 18.2 Å². The monoisotopic (exact) mass is 334 g/mol. The molecule has 1 heterocycles. The lowest BCUT2D eigenvalue weighted by molar-refractivity contribution is -0.144. The van der Waals surface area contributed by atoms with Crippen LogP contribution in [0.1, 0.15) is 52.5 Å². The molecule has 1 saturated carbocycles. The summed E-state index contributed by atoms with van der Waals surface area (Å²) in [5.74, 6) is -0.640. The van der Waals surface area contributed by atoms with Crippen LogP contribution in [0.2, 0.25) is 0 Å². The quantitative estimate of drug-likeness (QED) is 0.627. The fraction of sp³-hybridized carbons (Fsp3) is 0.611. The largest absolute Gasteiger partial charge is 0.495 e. The molecule has 4 nitrogen and oxygen atoms in total. The summed E-state index contributed by atoms with van der Waals surface area (Å²) in [4.78, 5) is 11.9. The zero-order chi connectivity index (χ0) is 17.7. The van der Waals surface area contributed by atoms with Crippen molar-refractivity contribution in [1.82, 2.24) is 0 Å². The van der Waals surface area contributed by atoms with Gasteiger partial charge in [-0.05, 0) is 70.1 Å². The highest BCUT2D eigenvalue weighted by molar-refractivity contribution is 6.62. The van der Waals surface area contributed by atoms with Gasteiger partial charge < -0.3 is 14.0 Å². The van der Waals surface area contributed by atoms with Gasteiger partial charge in [-0.1, -0.05) is 6.07 Å². The summed E-state index contributed by atoms with van der Waals surface area (Å²) < 4.78 is 31.1. The zero-order valence-corrected chi connectivity index (χ0v) is 14.9. The first-order valence-electron chi connectivity index (χ1n) is 8.48. The number of hydrogen-bond donors (Lipinski definition) is 0. The lowest BCUT2D eigenvalue weighted by Crippen LogP contribution is -2.41. The Morgan fingerprint density at radius 1 is 1.29 bits per heavy atom. The SMILES string of the molecule is CCOC(=O)[C@@H]1C[C@H]1c1ccc(F)cc1B1OC(C)(C)C(C)(C)O1. The predicted molar refractivity (Wildman–Crippen MR) is 89.6 cm³/mol. The Balaban J connectivity index is 1.88. The van der Waals surface area contributed by atoms with Gasteiger partial charge in [0.1, 0.15) is 5.82 Å². The molecule has 2 fully saturated rings. The Labute approximate surface area is 142 Å². The van der Waals surface area contributed by atoms with E-state index in [1.54, 1.807) is 13.0 Å². The van der Waals surface area contributed by atoms with Crippen molar-refractivity contribution in [3.8, 4) is 0 Å². The molecule has 0 bridgehead atoms. The van der Waals surface area contributed by atoms with Gasteiger partial charge in [-0.25, -0.2) is 4.39 Å². The maximum Gasteiger partial charge on any atom is 0.495 e. The first-order valence-corrected chi connectivity index (χ1v) is 8.48. The maximum atomic E-state index is 13.8. The van der Waals surface area contributed by atoms with Crippen LogP contribution >= 0.6 is 0 Å². The van der Waals surface area contributed by atoms with Crippen molar-refractivity contribution in [1.29, 1.82) is 0 Å². The van der Waals surface area contributed by atoms with E-state index in [9.17, 15) is 9.18 Å². The molecule has 1 aromatic rings. The van der Waals surface area contributed by atoms with E-state index >= 15 is 0 Å². The molecule has 0 amide bonds. The molecule has 1 aromatic carbocycles. The second-order valence-corrected chi connectivity index (χ2v) is 7.56. The van der Waals surface area contributed by atoms with Gasteiger partial charge in [0.05, 0.1) is 23.7 Å². The van der Waals surface area contributed by atoms with Crippen molar-refractivity contribution in [2.45, 2.75) is 58.2 Å². The predicted octanol–water partition coefficient (Wildman–Crippen LogP) is 2.79. The molecule has 1 aliphatic carbocycles. The van der Waals surface area contributed by atoms with Crippen LogP contribution in [0.3, 0.4) is 0 Å². The second kappa shape index (κ2) is 5.85. The van der Waals surface area contributed by atoms with Crippen LogP contribution in [0.25, 0.3) is 0 Å². The van der Waals surface area contributed by atoms with Gasteiger partial charge in [0.15, 0.2) is 0 Å². The summed E-state index contributed by atoms with van der Waals surface area (Å²) in [6.07, 6.45) is 0.719. The number of hydrogen-bond acceptors (Lipinski definition) is 4. The standard InChI is InChI=1S/C18H24BFO4/c1-6-22-16(21)14-10-13(14)12-8-7-11(20)9-15(12)19-23-17(2,3)18(4,5)24-19/h7-9,13-14H,6,10H2,1-5H3/t13-,14+/m0/s1. The molecule has 0 spiro atoms. The Morgan fingerprint density at radius 3 is 2.50 bits per heavy atom. The fourth-order valence-corrected chi connectivity index (χ4v) is 3.11. The molecule has 24 heavy (non-hydrogen) atoms. The van der Waals surface area contributed by atoms with E-state index in [-0.39, 0.29) is 23.6 Å². The molecule has 6 heteroatoms. The Morgan fingerprint density at radius 2 is 1.92 bits per heavy atom. The van der Waals surface area contributed by atoms with Gasteiger partial charge >= 0.3 is 13.1 Å². The van der Waals surface area contributed by atoms with Crippen molar-refractivity contribution in [3.63, 3.8) is 0 Å². The number of benzene rings is 1. The minimum atomic E-state index is -0.635. The van der Waals surface area contributed by atoms with E-state index in [2.05, 4.69) is 0 Å². The summed E-state index contributed by atoms with van der Waals surface area (Å²) >= 11 is 0. The van der Waals surface area contributed by atoms with Crippen LogP contribution < -0.4 is 5.46 Å². The number of ether oxygens (including phenoxy) is 1. The summed E-state index contributed by atoms with van der Waals surface area (Å²) in [5.41, 5.74) is 0.592. The molecule has 0 N–H and O–H groups in total. The first-order chi connectivity index (χ1) is 11.2. The third-order valence-electron chi connectivity index (χ3n) is 5.34. The van der Waals surface area contributed by atoms with Crippen molar-refractivity contribution in [3.05, 3.63) is 29.6 Å². The highest BCUT2D eigenvalue weighted by atomic mass is 19.1. The number of halogens is 1. The van der Waals surface area contributed by atoms with Crippen LogP contribution in [-0.4, -0.2) is 30.9 Å². The van der Waals surface area contributed by atoms with Crippen LogP contribution in [0.5, 0.6) is 0 Å². The van der Waals surface area contributed by atoms with Crippen LogP contribution in [-0.2, 0) is 18.8 Å². The Bertz CT molecular complexity index is 642. The van der Waals surface area contributed by atoms with Crippen molar-refractivity contribution >= 4 is 18.6 Å². The van der Waals surface area contributed by atoms with Gasteiger partial charge in [0.2, 0.25) is 0 Å². The number of rotatable bonds is 4. The van der Waals surface area contributed by atoms with Crippen LogP contribution in [0.4, 0.5) is 4.39 Å². The lowest BCUT2D eigenvalue weighted by atomic mass is 9.74. The molecule has 1 saturated heterocycles. The summed E-state index contributed by atoms with van der Waals surface area (Å²) in [6, 6.07) is 4.61. The van der Waals surface area contributed by atoms with Gasteiger partial charge in [-0.2, -0.15) is 0 Å².